The van der Waals surface area contributed by atoms with E-state index in [4.69, 9.17) is 18.9 Å². The van der Waals surface area contributed by atoms with Crippen molar-refractivity contribution in [2.24, 2.45) is 7.05 Å². The molecule has 5 rings (SSSR count). The number of fused-ring (bicyclic) bond motifs is 4. The molecule has 1 aromatic heterocycles. The molecule has 0 unspecified atom stereocenters. The maximum absolute atomic E-state index is 13.1. The maximum Gasteiger partial charge on any atom is 0.231 e. The minimum Gasteiger partial charge on any atom is -0.497 e. The number of nitrogens with zero attached hydrogens (tertiary/aromatic N) is 2. The predicted molar refractivity (Wildman–Crippen MR) is 121 cm³/mol. The van der Waals surface area contributed by atoms with E-state index < -0.39 is 0 Å². The molecule has 0 saturated heterocycles. The summed E-state index contributed by atoms with van der Waals surface area (Å²) in [5.74, 6) is 2.35. The van der Waals surface area contributed by atoms with E-state index >= 15 is 0 Å². The zero-order valence-electron chi connectivity index (χ0n) is 18.5. The average Bonchev–Trinajstić information content (AvgIpc) is 3.30. The number of benzene rings is 2. The van der Waals surface area contributed by atoms with Gasteiger partial charge in [0.1, 0.15) is 24.0 Å². The number of aryl methyl sites for hydroxylation is 1. The molecule has 32 heavy (non-hydrogen) atoms. The van der Waals surface area contributed by atoms with Gasteiger partial charge in [-0.25, -0.2) is 0 Å². The molecule has 7 nitrogen and oxygen atoms in total. The van der Waals surface area contributed by atoms with Gasteiger partial charge in [-0.3, -0.25) is 9.69 Å². The smallest absolute Gasteiger partial charge is 0.231 e. The first-order valence-electron chi connectivity index (χ1n) is 10.7. The summed E-state index contributed by atoms with van der Waals surface area (Å²) >= 11 is 0. The number of rotatable bonds is 6. The summed E-state index contributed by atoms with van der Waals surface area (Å²) in [5, 5.41) is 1.00. The molecule has 7 heteroatoms. The van der Waals surface area contributed by atoms with Crippen LogP contribution in [0.15, 0.2) is 42.3 Å². The van der Waals surface area contributed by atoms with Gasteiger partial charge in [-0.15, -0.1) is 0 Å². The van der Waals surface area contributed by atoms with Crippen molar-refractivity contribution in [3.63, 3.8) is 0 Å². The molecule has 0 saturated carbocycles. The summed E-state index contributed by atoms with van der Waals surface area (Å²) in [5.41, 5.74) is 3.46. The van der Waals surface area contributed by atoms with Crippen LogP contribution >= 0.6 is 0 Å². The predicted octanol–water partition coefficient (Wildman–Crippen LogP) is 3.99. The molecule has 0 N–H and O–H groups in total. The standard InChI is InChI=1S/C25H26N2O5/c1-26-13-16(19-12-17(30-3)5-7-21(19)26)11-23-24(28)18-6-8-22-20(25(18)32-23)14-27(15-31-22)9-4-10-29-2/h5-8,11-13H,4,9-10,14-15H2,1-3H3/b23-11+. The minimum atomic E-state index is -0.112. The molecule has 0 atom stereocenters. The van der Waals surface area contributed by atoms with Gasteiger partial charge in [0.05, 0.1) is 18.2 Å². The third-order valence-electron chi connectivity index (χ3n) is 6.02. The Hall–Kier alpha value is -3.29. The Morgan fingerprint density at radius 3 is 2.88 bits per heavy atom. The Labute approximate surface area is 186 Å². The van der Waals surface area contributed by atoms with Gasteiger partial charge in [0.15, 0.2) is 5.76 Å². The summed E-state index contributed by atoms with van der Waals surface area (Å²) in [6, 6.07) is 9.57. The summed E-state index contributed by atoms with van der Waals surface area (Å²) in [6.07, 6.45) is 4.73. The second kappa shape index (κ2) is 8.33. The fourth-order valence-electron chi connectivity index (χ4n) is 4.37. The molecular formula is C25H26N2O5. The first-order chi connectivity index (χ1) is 15.6. The van der Waals surface area contributed by atoms with Crippen molar-refractivity contribution in [1.29, 1.82) is 0 Å². The topological polar surface area (TPSA) is 62.2 Å². The lowest BCUT2D eigenvalue weighted by molar-refractivity contribution is 0.0823. The fraction of sp³-hybridized carbons (Fsp3) is 0.320. The van der Waals surface area contributed by atoms with E-state index in [9.17, 15) is 4.79 Å². The molecule has 0 aliphatic carbocycles. The number of carbonyl (C=O) groups is 1. The molecule has 0 amide bonds. The summed E-state index contributed by atoms with van der Waals surface area (Å²) in [7, 11) is 5.33. The largest absolute Gasteiger partial charge is 0.497 e. The molecular weight excluding hydrogens is 408 g/mol. The van der Waals surface area contributed by atoms with Crippen LogP contribution in [0.25, 0.3) is 17.0 Å². The third-order valence-corrected chi connectivity index (χ3v) is 6.02. The van der Waals surface area contributed by atoms with Gasteiger partial charge >= 0.3 is 0 Å². The Kier molecular flexibility index (Phi) is 5.36. The number of ketones is 1. The SMILES string of the molecule is COCCCN1COc2ccc3c(c2C1)O/C(=C/c1cn(C)c2ccc(OC)cc12)C3=O. The highest BCUT2D eigenvalue weighted by molar-refractivity contribution is 6.15. The normalized spacial score (nSPS) is 16.7. The van der Waals surface area contributed by atoms with Gasteiger partial charge in [0.2, 0.25) is 5.78 Å². The molecule has 3 heterocycles. The Balaban J connectivity index is 1.47. The number of carbonyl (C=O) groups excluding carboxylic acids is 1. The Morgan fingerprint density at radius 1 is 1.19 bits per heavy atom. The van der Waals surface area contributed by atoms with Crippen LogP contribution < -0.4 is 14.2 Å². The van der Waals surface area contributed by atoms with Gasteiger partial charge in [0, 0.05) is 56.5 Å². The molecule has 166 valence electrons. The molecule has 2 aliphatic rings. The maximum atomic E-state index is 13.1. The zero-order valence-corrected chi connectivity index (χ0v) is 18.5. The van der Waals surface area contributed by atoms with E-state index in [1.807, 2.05) is 48.2 Å². The number of ether oxygens (including phenoxy) is 4. The van der Waals surface area contributed by atoms with Gasteiger partial charge in [-0.1, -0.05) is 0 Å². The van der Waals surface area contributed by atoms with Crippen LogP contribution in [-0.2, 0) is 18.3 Å². The van der Waals surface area contributed by atoms with Crippen molar-refractivity contribution in [3.05, 3.63) is 59.0 Å². The van der Waals surface area contributed by atoms with Crippen LogP contribution in [0.5, 0.6) is 17.2 Å². The first kappa shape index (κ1) is 20.6. The molecule has 3 aromatic rings. The van der Waals surface area contributed by atoms with Crippen LogP contribution in [-0.4, -0.2) is 49.4 Å². The van der Waals surface area contributed by atoms with Crippen LogP contribution in [0.3, 0.4) is 0 Å². The fourth-order valence-corrected chi connectivity index (χ4v) is 4.37. The Bertz CT molecular complexity index is 1230. The van der Waals surface area contributed by atoms with Crippen LogP contribution in [0.1, 0.15) is 27.9 Å². The average molecular weight is 434 g/mol. The number of hydrogen-bond donors (Lipinski definition) is 0. The Morgan fingerprint density at radius 2 is 2.06 bits per heavy atom. The summed E-state index contributed by atoms with van der Waals surface area (Å²) < 4.78 is 24.6. The van der Waals surface area contributed by atoms with Crippen LogP contribution in [0.4, 0.5) is 0 Å². The zero-order chi connectivity index (χ0) is 22.2. The van der Waals surface area contributed by atoms with E-state index in [0.29, 0.717) is 37.0 Å². The molecule has 0 radical (unpaired) electrons. The van der Waals surface area contributed by atoms with Gasteiger partial charge in [-0.05, 0) is 42.8 Å². The quantitative estimate of drug-likeness (QED) is 0.432. The second-order valence-corrected chi connectivity index (χ2v) is 8.11. The van der Waals surface area contributed by atoms with Crippen molar-refractivity contribution in [1.82, 2.24) is 9.47 Å². The third kappa shape index (κ3) is 3.53. The van der Waals surface area contributed by atoms with Gasteiger partial charge in [0.25, 0.3) is 0 Å². The van der Waals surface area contributed by atoms with Crippen molar-refractivity contribution < 1.29 is 23.7 Å². The highest BCUT2D eigenvalue weighted by Crippen LogP contribution is 2.42. The summed E-state index contributed by atoms with van der Waals surface area (Å²) in [4.78, 5) is 15.3. The number of aromatic nitrogens is 1. The van der Waals surface area contributed by atoms with Gasteiger partial charge in [-0.2, -0.15) is 0 Å². The highest BCUT2D eigenvalue weighted by atomic mass is 16.5. The van der Waals surface area contributed by atoms with Gasteiger partial charge < -0.3 is 23.5 Å². The molecule has 2 aromatic carbocycles. The van der Waals surface area contributed by atoms with E-state index in [1.165, 1.54) is 0 Å². The number of Topliss-reactive ketones (excluding diaryl/α,β-unsaturated/α-hetero) is 1. The molecule has 2 aliphatic heterocycles. The van der Waals surface area contributed by atoms with Crippen molar-refractivity contribution in [3.8, 4) is 17.2 Å². The van der Waals surface area contributed by atoms with Crippen LogP contribution in [0.2, 0.25) is 0 Å². The lowest BCUT2D eigenvalue weighted by atomic mass is 10.0. The molecule has 0 spiro atoms. The lowest BCUT2D eigenvalue weighted by Gasteiger charge is -2.29. The van der Waals surface area contributed by atoms with Crippen molar-refractivity contribution in [2.45, 2.75) is 13.0 Å². The summed E-state index contributed by atoms with van der Waals surface area (Å²) in [6.45, 7) is 2.75. The van der Waals surface area contributed by atoms with E-state index in [1.54, 1.807) is 20.3 Å². The van der Waals surface area contributed by atoms with E-state index in [0.717, 1.165) is 46.5 Å². The van der Waals surface area contributed by atoms with E-state index in [-0.39, 0.29) is 5.78 Å². The minimum absolute atomic E-state index is 0.112. The number of methoxy groups -OCH3 is 2. The number of hydrogen-bond acceptors (Lipinski definition) is 6. The van der Waals surface area contributed by atoms with Crippen molar-refractivity contribution >= 4 is 22.8 Å². The van der Waals surface area contributed by atoms with Crippen LogP contribution in [0, 0.1) is 0 Å². The van der Waals surface area contributed by atoms with E-state index in [2.05, 4.69) is 4.90 Å². The number of allylic oxidation sites excluding steroid dienone is 1. The second-order valence-electron chi connectivity index (χ2n) is 8.11. The first-order valence-corrected chi connectivity index (χ1v) is 10.7. The monoisotopic (exact) mass is 434 g/mol. The molecule has 0 bridgehead atoms. The van der Waals surface area contributed by atoms with Crippen molar-refractivity contribution in [2.75, 3.05) is 34.1 Å². The molecule has 0 fully saturated rings. The highest BCUT2D eigenvalue weighted by Gasteiger charge is 2.33. The lowest BCUT2D eigenvalue weighted by Crippen LogP contribution is -2.33.